The quantitative estimate of drug-likeness (QED) is 0.223. The summed E-state index contributed by atoms with van der Waals surface area (Å²) >= 11 is 0. The van der Waals surface area contributed by atoms with Crippen LogP contribution in [0.5, 0.6) is 11.5 Å². The summed E-state index contributed by atoms with van der Waals surface area (Å²) in [5.41, 5.74) is 6.67. The molecule has 0 heterocycles. The zero-order chi connectivity index (χ0) is 29.7. The second-order valence-electron chi connectivity index (χ2n) is 10.7. The molecule has 5 atom stereocenters. The van der Waals surface area contributed by atoms with Gasteiger partial charge in [-0.1, -0.05) is 67.4 Å². The minimum atomic E-state index is -1.01. The molecule has 9 heteroatoms. The van der Waals surface area contributed by atoms with Crippen LogP contribution in [0.3, 0.4) is 0 Å². The topological polar surface area (TPSA) is 131 Å². The van der Waals surface area contributed by atoms with Crippen molar-refractivity contribution in [2.75, 3.05) is 6.61 Å². The van der Waals surface area contributed by atoms with E-state index < -0.39 is 30.1 Å². The molecule has 0 saturated carbocycles. The highest BCUT2D eigenvalue weighted by atomic mass is 16.6. The van der Waals surface area contributed by atoms with Gasteiger partial charge in [0.25, 0.3) is 0 Å². The van der Waals surface area contributed by atoms with E-state index in [1.165, 1.54) is 6.07 Å². The fourth-order valence-electron chi connectivity index (χ4n) is 3.62. The van der Waals surface area contributed by atoms with E-state index in [0.29, 0.717) is 18.4 Å². The van der Waals surface area contributed by atoms with E-state index in [9.17, 15) is 19.2 Å². The lowest BCUT2D eigenvalue weighted by Crippen LogP contribution is -2.36. The summed E-state index contributed by atoms with van der Waals surface area (Å²) in [5.74, 6) is -2.41. The van der Waals surface area contributed by atoms with Crippen molar-refractivity contribution >= 4 is 23.9 Å². The van der Waals surface area contributed by atoms with Gasteiger partial charge in [0.05, 0.1) is 17.8 Å². The Hall–Kier alpha value is -2.94. The molecule has 0 bridgehead atoms. The van der Waals surface area contributed by atoms with Gasteiger partial charge >= 0.3 is 23.9 Å². The lowest BCUT2D eigenvalue weighted by molar-refractivity contribution is -0.162. The SMILES string of the molecule is CCCC(C)C(=O)Oc1ccc(C[C@H](N)C(=O)OC[C@H](C)OC(=O)C(C)C(C)C)cc1OC(=O)C(C)CCC. The summed E-state index contributed by atoms with van der Waals surface area (Å²) in [6.45, 7) is 14.7. The van der Waals surface area contributed by atoms with Gasteiger partial charge in [0, 0.05) is 0 Å². The molecule has 3 unspecified atom stereocenters. The summed E-state index contributed by atoms with van der Waals surface area (Å²) in [5, 5.41) is 0. The highest BCUT2D eigenvalue weighted by molar-refractivity contribution is 5.79. The fourth-order valence-corrected chi connectivity index (χ4v) is 3.62. The Labute approximate surface area is 233 Å². The average Bonchev–Trinajstić information content (AvgIpc) is 2.88. The van der Waals surface area contributed by atoms with Gasteiger partial charge in [0.2, 0.25) is 0 Å². The number of benzene rings is 1. The van der Waals surface area contributed by atoms with E-state index in [1.54, 1.807) is 39.8 Å². The molecule has 0 aliphatic rings. The van der Waals surface area contributed by atoms with Crippen molar-refractivity contribution in [1.82, 2.24) is 0 Å². The number of esters is 4. The van der Waals surface area contributed by atoms with Crippen LogP contribution in [0.2, 0.25) is 0 Å². The Morgan fingerprint density at radius 2 is 1.31 bits per heavy atom. The largest absolute Gasteiger partial charge is 0.461 e. The van der Waals surface area contributed by atoms with E-state index in [1.807, 2.05) is 27.7 Å². The predicted molar refractivity (Wildman–Crippen MR) is 148 cm³/mol. The maximum atomic E-state index is 12.6. The number of ether oxygens (including phenoxy) is 4. The molecule has 220 valence electrons. The van der Waals surface area contributed by atoms with Crippen LogP contribution in [-0.2, 0) is 35.1 Å². The van der Waals surface area contributed by atoms with Crippen LogP contribution in [0, 0.1) is 23.7 Å². The van der Waals surface area contributed by atoms with Gasteiger partial charge < -0.3 is 24.7 Å². The molecule has 0 aromatic heterocycles. The van der Waals surface area contributed by atoms with Gasteiger partial charge in [-0.3, -0.25) is 19.2 Å². The molecule has 1 aromatic carbocycles. The first-order valence-corrected chi connectivity index (χ1v) is 14.0. The van der Waals surface area contributed by atoms with E-state index in [2.05, 4.69) is 0 Å². The van der Waals surface area contributed by atoms with Crippen LogP contribution >= 0.6 is 0 Å². The molecule has 0 saturated heterocycles. The summed E-state index contributed by atoms with van der Waals surface area (Å²) < 4.78 is 21.8. The number of carbonyl (C=O) groups excluding carboxylic acids is 4. The normalized spacial score (nSPS) is 15.0. The maximum Gasteiger partial charge on any atom is 0.323 e. The van der Waals surface area contributed by atoms with Gasteiger partial charge in [0.1, 0.15) is 18.8 Å². The van der Waals surface area contributed by atoms with E-state index in [0.717, 1.165) is 12.8 Å². The summed E-state index contributed by atoms with van der Waals surface area (Å²) in [6.07, 6.45) is 2.45. The summed E-state index contributed by atoms with van der Waals surface area (Å²) in [7, 11) is 0. The van der Waals surface area contributed by atoms with Crippen molar-refractivity contribution in [1.29, 1.82) is 0 Å². The highest BCUT2D eigenvalue weighted by Gasteiger charge is 2.24. The third-order valence-corrected chi connectivity index (χ3v) is 6.59. The Bertz CT molecular complexity index is 960. The molecule has 1 aromatic rings. The third-order valence-electron chi connectivity index (χ3n) is 6.59. The molecule has 9 nitrogen and oxygen atoms in total. The Balaban J connectivity index is 2.92. The predicted octanol–water partition coefficient (Wildman–Crippen LogP) is 5.01. The molecule has 0 amide bonds. The second-order valence-corrected chi connectivity index (χ2v) is 10.7. The van der Waals surface area contributed by atoms with Gasteiger partial charge in [-0.2, -0.15) is 0 Å². The van der Waals surface area contributed by atoms with E-state index >= 15 is 0 Å². The Morgan fingerprint density at radius 1 is 0.769 bits per heavy atom. The lowest BCUT2D eigenvalue weighted by atomic mass is 9.98. The van der Waals surface area contributed by atoms with Gasteiger partial charge in [-0.05, 0) is 49.8 Å². The Kier molecular flexibility index (Phi) is 14.8. The smallest absolute Gasteiger partial charge is 0.323 e. The van der Waals surface area contributed by atoms with E-state index in [-0.39, 0.29) is 54.2 Å². The van der Waals surface area contributed by atoms with Crippen molar-refractivity contribution < 1.29 is 38.1 Å². The van der Waals surface area contributed by atoms with Crippen molar-refractivity contribution in [3.63, 3.8) is 0 Å². The van der Waals surface area contributed by atoms with Gasteiger partial charge in [-0.15, -0.1) is 0 Å². The van der Waals surface area contributed by atoms with Crippen LogP contribution in [-0.4, -0.2) is 42.6 Å². The first-order valence-electron chi connectivity index (χ1n) is 14.0. The monoisotopic (exact) mass is 549 g/mol. The first kappa shape index (κ1) is 34.1. The third kappa shape index (κ3) is 11.8. The molecular weight excluding hydrogens is 502 g/mol. The van der Waals surface area contributed by atoms with Crippen molar-refractivity contribution in [2.24, 2.45) is 29.4 Å². The highest BCUT2D eigenvalue weighted by Crippen LogP contribution is 2.31. The van der Waals surface area contributed by atoms with Crippen LogP contribution in [0.25, 0.3) is 0 Å². The van der Waals surface area contributed by atoms with Crippen LogP contribution in [0.4, 0.5) is 0 Å². The van der Waals surface area contributed by atoms with Crippen LogP contribution in [0.15, 0.2) is 18.2 Å². The molecule has 0 aliphatic heterocycles. The summed E-state index contributed by atoms with van der Waals surface area (Å²) in [6, 6.07) is 3.73. The maximum absolute atomic E-state index is 12.6. The second kappa shape index (κ2) is 16.9. The summed E-state index contributed by atoms with van der Waals surface area (Å²) in [4.78, 5) is 49.8. The first-order chi connectivity index (χ1) is 18.3. The molecular formula is C30H47NO8. The Morgan fingerprint density at radius 3 is 1.82 bits per heavy atom. The molecule has 0 spiro atoms. The van der Waals surface area contributed by atoms with Crippen molar-refractivity contribution in [3.8, 4) is 11.5 Å². The molecule has 1 rings (SSSR count). The van der Waals surface area contributed by atoms with Gasteiger partial charge in [-0.25, -0.2) is 0 Å². The van der Waals surface area contributed by atoms with Gasteiger partial charge in [0.15, 0.2) is 11.5 Å². The standard InChI is InChI=1S/C30H47NO8/c1-9-11-19(5)27(32)38-25-14-13-23(16-26(25)39-28(33)20(6)12-10-2)15-24(31)30(35)36-17-21(7)37-29(34)22(8)18(3)4/h13-14,16,18-22,24H,9-12,15,17,31H2,1-8H3/t19?,20?,21-,22?,24-/m0/s1. The molecule has 0 aliphatic carbocycles. The zero-order valence-corrected chi connectivity index (χ0v) is 24.8. The van der Waals surface area contributed by atoms with Crippen molar-refractivity contribution in [2.45, 2.75) is 99.6 Å². The molecule has 2 N–H and O–H groups in total. The fraction of sp³-hybridized carbons (Fsp3) is 0.667. The van der Waals surface area contributed by atoms with Crippen LogP contribution in [0.1, 0.15) is 86.6 Å². The number of hydrogen-bond donors (Lipinski definition) is 1. The number of hydrogen-bond acceptors (Lipinski definition) is 9. The van der Waals surface area contributed by atoms with Crippen molar-refractivity contribution in [3.05, 3.63) is 23.8 Å². The van der Waals surface area contributed by atoms with Crippen LogP contribution < -0.4 is 15.2 Å². The molecule has 0 fully saturated rings. The number of carbonyl (C=O) groups is 4. The zero-order valence-electron chi connectivity index (χ0n) is 24.8. The average molecular weight is 550 g/mol. The number of nitrogens with two attached hydrogens (primary N) is 1. The minimum Gasteiger partial charge on any atom is -0.461 e. The lowest BCUT2D eigenvalue weighted by Gasteiger charge is -2.20. The number of rotatable bonds is 16. The molecule has 39 heavy (non-hydrogen) atoms. The molecule has 0 radical (unpaired) electrons. The minimum absolute atomic E-state index is 0.0902. The van der Waals surface area contributed by atoms with E-state index in [4.69, 9.17) is 24.7 Å².